The van der Waals surface area contributed by atoms with Crippen molar-refractivity contribution in [2.45, 2.75) is 12.7 Å². The van der Waals surface area contributed by atoms with Crippen LogP contribution >= 0.6 is 0 Å². The lowest BCUT2D eigenvalue weighted by Crippen LogP contribution is -2.02. The molecule has 18 heavy (non-hydrogen) atoms. The Morgan fingerprint density at radius 3 is 2.56 bits per heavy atom. The Bertz CT molecular complexity index is 508. The smallest absolute Gasteiger partial charge is 0.123 e. The highest BCUT2D eigenvalue weighted by Crippen LogP contribution is 2.20. The van der Waals surface area contributed by atoms with Crippen molar-refractivity contribution in [1.29, 1.82) is 0 Å². The van der Waals surface area contributed by atoms with Crippen LogP contribution in [0.3, 0.4) is 0 Å². The number of ether oxygens (including phenoxy) is 1. The van der Waals surface area contributed by atoms with Crippen LogP contribution in [0.15, 0.2) is 67.3 Å². The van der Waals surface area contributed by atoms with Crippen LogP contribution in [0.2, 0.25) is 0 Å². The second-order valence-electron chi connectivity index (χ2n) is 4.01. The molecule has 0 saturated carbocycles. The largest absolute Gasteiger partial charge is 0.365 e. The van der Waals surface area contributed by atoms with E-state index in [0.29, 0.717) is 6.61 Å². The van der Waals surface area contributed by atoms with Gasteiger partial charge in [-0.2, -0.15) is 0 Å². The zero-order valence-electron chi connectivity index (χ0n) is 10.1. The fourth-order valence-corrected chi connectivity index (χ4v) is 1.74. The van der Waals surface area contributed by atoms with Crippen molar-refractivity contribution in [3.05, 3.63) is 84.2 Å². The first kappa shape index (κ1) is 12.5. The van der Waals surface area contributed by atoms with Gasteiger partial charge in [-0.25, -0.2) is 4.39 Å². The summed E-state index contributed by atoms with van der Waals surface area (Å²) in [7, 11) is 0. The zero-order chi connectivity index (χ0) is 12.8. The maximum absolute atomic E-state index is 13.1. The topological polar surface area (TPSA) is 9.23 Å². The van der Waals surface area contributed by atoms with E-state index >= 15 is 0 Å². The van der Waals surface area contributed by atoms with E-state index in [2.05, 4.69) is 6.58 Å². The van der Waals surface area contributed by atoms with Crippen molar-refractivity contribution in [1.82, 2.24) is 0 Å². The molecule has 0 N–H and O–H groups in total. The molecular weight excluding hydrogens is 227 g/mol. The molecule has 0 aliphatic carbocycles. The molecule has 2 aromatic carbocycles. The number of hydrogen-bond donors (Lipinski definition) is 0. The van der Waals surface area contributed by atoms with E-state index in [0.717, 1.165) is 11.1 Å². The molecule has 0 amide bonds. The number of hydrogen-bond acceptors (Lipinski definition) is 1. The molecule has 2 rings (SSSR count). The monoisotopic (exact) mass is 242 g/mol. The molecule has 0 bridgehead atoms. The summed E-state index contributed by atoms with van der Waals surface area (Å²) in [6, 6.07) is 16.3. The van der Waals surface area contributed by atoms with Gasteiger partial charge in [-0.05, 0) is 23.3 Å². The Balaban J connectivity index is 2.04. The molecule has 92 valence electrons. The first-order chi connectivity index (χ1) is 8.79. The van der Waals surface area contributed by atoms with E-state index < -0.39 is 0 Å². The summed E-state index contributed by atoms with van der Waals surface area (Å²) in [5.74, 6) is -0.261. The van der Waals surface area contributed by atoms with Gasteiger partial charge in [0.15, 0.2) is 0 Å². The third-order valence-electron chi connectivity index (χ3n) is 2.66. The standard InChI is InChI=1S/C16H15FO/c1-2-16(14-9-6-10-15(17)11-14)18-12-13-7-4-3-5-8-13/h2-11,16H,1,12H2/t16-/m0/s1. The molecule has 0 aliphatic rings. The van der Waals surface area contributed by atoms with E-state index in [1.54, 1.807) is 12.1 Å². The van der Waals surface area contributed by atoms with Gasteiger partial charge in [0.05, 0.1) is 6.61 Å². The predicted molar refractivity (Wildman–Crippen MR) is 70.6 cm³/mol. The fourth-order valence-electron chi connectivity index (χ4n) is 1.74. The van der Waals surface area contributed by atoms with Gasteiger partial charge < -0.3 is 4.74 Å². The molecule has 0 heterocycles. The van der Waals surface area contributed by atoms with Crippen LogP contribution in [-0.2, 0) is 11.3 Å². The fraction of sp³-hybridized carbons (Fsp3) is 0.125. The molecule has 0 unspecified atom stereocenters. The number of benzene rings is 2. The highest BCUT2D eigenvalue weighted by molar-refractivity contribution is 5.22. The summed E-state index contributed by atoms with van der Waals surface area (Å²) in [6.45, 7) is 4.21. The van der Waals surface area contributed by atoms with E-state index in [-0.39, 0.29) is 11.9 Å². The molecule has 0 aromatic heterocycles. The third kappa shape index (κ3) is 3.28. The molecule has 0 saturated heterocycles. The van der Waals surface area contributed by atoms with Crippen LogP contribution in [0, 0.1) is 5.82 Å². The minimum Gasteiger partial charge on any atom is -0.365 e. The molecule has 0 aliphatic heterocycles. The van der Waals surface area contributed by atoms with E-state index in [1.807, 2.05) is 36.4 Å². The van der Waals surface area contributed by atoms with Crippen molar-refractivity contribution < 1.29 is 9.13 Å². The summed E-state index contributed by atoms with van der Waals surface area (Å²) in [5, 5.41) is 0. The lowest BCUT2D eigenvalue weighted by molar-refractivity contribution is 0.0719. The summed E-state index contributed by atoms with van der Waals surface area (Å²) in [5.41, 5.74) is 1.86. The lowest BCUT2D eigenvalue weighted by atomic mass is 10.1. The van der Waals surface area contributed by atoms with E-state index in [4.69, 9.17) is 4.74 Å². The Morgan fingerprint density at radius 1 is 1.11 bits per heavy atom. The maximum Gasteiger partial charge on any atom is 0.123 e. The van der Waals surface area contributed by atoms with Gasteiger partial charge in [0.2, 0.25) is 0 Å². The van der Waals surface area contributed by atoms with Crippen LogP contribution in [-0.4, -0.2) is 0 Å². The van der Waals surface area contributed by atoms with Gasteiger partial charge in [0.1, 0.15) is 11.9 Å². The number of halogens is 1. The first-order valence-electron chi connectivity index (χ1n) is 5.83. The first-order valence-corrected chi connectivity index (χ1v) is 5.83. The van der Waals surface area contributed by atoms with Gasteiger partial charge >= 0.3 is 0 Å². The highest BCUT2D eigenvalue weighted by atomic mass is 19.1. The summed E-state index contributed by atoms with van der Waals surface area (Å²) < 4.78 is 18.9. The molecule has 0 radical (unpaired) electrons. The van der Waals surface area contributed by atoms with Gasteiger partial charge in [0, 0.05) is 0 Å². The van der Waals surface area contributed by atoms with Crippen LogP contribution in [0.25, 0.3) is 0 Å². The zero-order valence-corrected chi connectivity index (χ0v) is 10.1. The Hall–Kier alpha value is -1.93. The molecule has 1 atom stereocenters. The van der Waals surface area contributed by atoms with Gasteiger partial charge in [-0.3, -0.25) is 0 Å². The molecule has 0 fully saturated rings. The Labute approximate surface area is 107 Å². The van der Waals surface area contributed by atoms with Crippen molar-refractivity contribution in [3.63, 3.8) is 0 Å². The average molecular weight is 242 g/mol. The molecule has 2 heteroatoms. The summed E-state index contributed by atoms with van der Waals surface area (Å²) in [6.07, 6.45) is 1.39. The van der Waals surface area contributed by atoms with Crippen molar-refractivity contribution in [2.75, 3.05) is 0 Å². The minimum absolute atomic E-state index is 0.261. The highest BCUT2D eigenvalue weighted by Gasteiger charge is 2.08. The maximum atomic E-state index is 13.1. The van der Waals surface area contributed by atoms with Gasteiger partial charge in [-0.1, -0.05) is 48.5 Å². The van der Waals surface area contributed by atoms with Crippen molar-refractivity contribution in [3.8, 4) is 0 Å². The quantitative estimate of drug-likeness (QED) is 0.711. The van der Waals surface area contributed by atoms with E-state index in [9.17, 15) is 4.39 Å². The normalized spacial score (nSPS) is 12.1. The summed E-state index contributed by atoms with van der Waals surface area (Å²) in [4.78, 5) is 0. The van der Waals surface area contributed by atoms with Crippen LogP contribution < -0.4 is 0 Å². The molecule has 0 spiro atoms. The SMILES string of the molecule is C=C[C@H](OCc1ccccc1)c1cccc(F)c1. The lowest BCUT2D eigenvalue weighted by Gasteiger charge is -2.14. The summed E-state index contributed by atoms with van der Waals surface area (Å²) >= 11 is 0. The van der Waals surface area contributed by atoms with Crippen LogP contribution in [0.5, 0.6) is 0 Å². The molecule has 1 nitrogen and oxygen atoms in total. The van der Waals surface area contributed by atoms with Crippen LogP contribution in [0.1, 0.15) is 17.2 Å². The van der Waals surface area contributed by atoms with Gasteiger partial charge in [-0.15, -0.1) is 6.58 Å². The van der Waals surface area contributed by atoms with Gasteiger partial charge in [0.25, 0.3) is 0 Å². The second-order valence-corrected chi connectivity index (χ2v) is 4.01. The molecule has 2 aromatic rings. The van der Waals surface area contributed by atoms with Crippen molar-refractivity contribution >= 4 is 0 Å². The van der Waals surface area contributed by atoms with Crippen molar-refractivity contribution in [2.24, 2.45) is 0 Å². The van der Waals surface area contributed by atoms with Crippen LogP contribution in [0.4, 0.5) is 4.39 Å². The second kappa shape index (κ2) is 6.12. The average Bonchev–Trinajstić information content (AvgIpc) is 2.41. The minimum atomic E-state index is -0.291. The van der Waals surface area contributed by atoms with E-state index in [1.165, 1.54) is 12.1 Å². The third-order valence-corrected chi connectivity index (χ3v) is 2.66. The number of rotatable bonds is 5. The Morgan fingerprint density at radius 2 is 1.89 bits per heavy atom. The molecular formula is C16H15FO. The Kier molecular flexibility index (Phi) is 4.26. The predicted octanol–water partition coefficient (Wildman–Crippen LogP) is 4.27.